The quantitative estimate of drug-likeness (QED) is 0.799. The molecule has 1 aromatic heterocycles. The lowest BCUT2D eigenvalue weighted by atomic mass is 10.1. The smallest absolute Gasteiger partial charge is 0.252 e. The number of aromatic nitrogens is 1. The van der Waals surface area contributed by atoms with Crippen molar-refractivity contribution in [2.75, 3.05) is 12.3 Å². The summed E-state index contributed by atoms with van der Waals surface area (Å²) in [7, 11) is 0. The van der Waals surface area contributed by atoms with Gasteiger partial charge in [-0.05, 0) is 36.2 Å². The van der Waals surface area contributed by atoms with E-state index in [-0.39, 0.29) is 5.91 Å². The molecule has 0 unspecified atom stereocenters. The molecular weight excluding hydrogens is 226 g/mol. The predicted octanol–water partition coefficient (Wildman–Crippen LogP) is 1.64. The monoisotopic (exact) mass is 241 g/mol. The number of amides is 1. The van der Waals surface area contributed by atoms with Gasteiger partial charge in [0.15, 0.2) is 0 Å². The van der Waals surface area contributed by atoms with E-state index < -0.39 is 0 Å². The molecule has 0 fully saturated rings. The van der Waals surface area contributed by atoms with Crippen LogP contribution >= 0.6 is 0 Å². The standard InChI is InChI=1S/C14H15N3O/c15-13-5-3-11(4-6-13)7-9-17-14(18)12-2-1-8-16-10-12/h1-6,8,10H,7,9,15H2,(H,17,18). The number of benzene rings is 1. The van der Waals surface area contributed by atoms with Gasteiger partial charge in [0.25, 0.3) is 5.91 Å². The summed E-state index contributed by atoms with van der Waals surface area (Å²) in [5, 5.41) is 2.85. The molecule has 0 aliphatic rings. The largest absolute Gasteiger partial charge is 0.399 e. The maximum atomic E-state index is 11.7. The number of hydrogen-bond acceptors (Lipinski definition) is 3. The molecule has 0 aliphatic carbocycles. The molecule has 0 radical (unpaired) electrons. The lowest BCUT2D eigenvalue weighted by Gasteiger charge is -2.05. The highest BCUT2D eigenvalue weighted by atomic mass is 16.1. The Kier molecular flexibility index (Phi) is 3.91. The highest BCUT2D eigenvalue weighted by molar-refractivity contribution is 5.93. The number of nitrogen functional groups attached to an aromatic ring is 1. The molecule has 1 aromatic carbocycles. The summed E-state index contributed by atoms with van der Waals surface area (Å²) in [6, 6.07) is 11.1. The molecule has 0 bridgehead atoms. The van der Waals surface area contributed by atoms with E-state index in [0.717, 1.165) is 17.7 Å². The minimum atomic E-state index is -0.0986. The summed E-state index contributed by atoms with van der Waals surface area (Å²) in [5.74, 6) is -0.0986. The zero-order valence-corrected chi connectivity index (χ0v) is 9.97. The lowest BCUT2D eigenvalue weighted by Crippen LogP contribution is -2.25. The molecule has 4 heteroatoms. The van der Waals surface area contributed by atoms with Crippen molar-refractivity contribution in [3.63, 3.8) is 0 Å². The van der Waals surface area contributed by atoms with Gasteiger partial charge in [-0.2, -0.15) is 0 Å². The van der Waals surface area contributed by atoms with Gasteiger partial charge in [-0.25, -0.2) is 0 Å². The number of nitrogens with zero attached hydrogens (tertiary/aromatic N) is 1. The van der Waals surface area contributed by atoms with Gasteiger partial charge < -0.3 is 11.1 Å². The maximum absolute atomic E-state index is 11.7. The first kappa shape index (κ1) is 12.1. The second-order valence-corrected chi connectivity index (χ2v) is 3.99. The fourth-order valence-electron chi connectivity index (χ4n) is 1.60. The number of hydrogen-bond donors (Lipinski definition) is 2. The van der Waals surface area contributed by atoms with Crippen molar-refractivity contribution in [2.45, 2.75) is 6.42 Å². The molecule has 92 valence electrons. The second kappa shape index (κ2) is 5.82. The van der Waals surface area contributed by atoms with E-state index in [0.29, 0.717) is 12.1 Å². The molecule has 2 rings (SSSR count). The predicted molar refractivity (Wildman–Crippen MR) is 71.1 cm³/mol. The normalized spacial score (nSPS) is 10.0. The van der Waals surface area contributed by atoms with Crippen LogP contribution in [-0.4, -0.2) is 17.4 Å². The summed E-state index contributed by atoms with van der Waals surface area (Å²) in [5.41, 5.74) is 8.08. The highest BCUT2D eigenvalue weighted by Crippen LogP contribution is 2.05. The zero-order chi connectivity index (χ0) is 12.8. The third-order valence-corrected chi connectivity index (χ3v) is 2.60. The SMILES string of the molecule is Nc1ccc(CCNC(=O)c2cccnc2)cc1. The van der Waals surface area contributed by atoms with Crippen molar-refractivity contribution in [1.82, 2.24) is 10.3 Å². The van der Waals surface area contributed by atoms with Crippen LogP contribution in [0.3, 0.4) is 0 Å². The van der Waals surface area contributed by atoms with Crippen LogP contribution in [0.2, 0.25) is 0 Å². The summed E-state index contributed by atoms with van der Waals surface area (Å²) in [4.78, 5) is 15.6. The molecule has 0 atom stereocenters. The molecule has 18 heavy (non-hydrogen) atoms. The number of nitrogens with two attached hydrogens (primary N) is 1. The van der Waals surface area contributed by atoms with Crippen LogP contribution in [0, 0.1) is 0 Å². The van der Waals surface area contributed by atoms with Crippen molar-refractivity contribution in [2.24, 2.45) is 0 Å². The van der Waals surface area contributed by atoms with Gasteiger partial charge in [0.1, 0.15) is 0 Å². The molecule has 0 aliphatic heterocycles. The van der Waals surface area contributed by atoms with Crippen LogP contribution in [0.1, 0.15) is 15.9 Å². The van der Waals surface area contributed by atoms with Gasteiger partial charge in [-0.1, -0.05) is 12.1 Å². The number of anilines is 1. The van der Waals surface area contributed by atoms with Crippen LogP contribution in [-0.2, 0) is 6.42 Å². The van der Waals surface area contributed by atoms with Crippen LogP contribution in [0.15, 0.2) is 48.8 Å². The highest BCUT2D eigenvalue weighted by Gasteiger charge is 2.03. The van der Waals surface area contributed by atoms with Gasteiger partial charge in [0, 0.05) is 24.6 Å². The Labute approximate surface area is 106 Å². The second-order valence-electron chi connectivity index (χ2n) is 3.99. The van der Waals surface area contributed by atoms with Crippen molar-refractivity contribution in [1.29, 1.82) is 0 Å². The van der Waals surface area contributed by atoms with Crippen molar-refractivity contribution < 1.29 is 4.79 Å². The first-order valence-corrected chi connectivity index (χ1v) is 5.78. The average molecular weight is 241 g/mol. The molecular formula is C14H15N3O. The Hall–Kier alpha value is -2.36. The van der Waals surface area contributed by atoms with Crippen molar-refractivity contribution in [3.05, 3.63) is 59.9 Å². The number of pyridine rings is 1. The van der Waals surface area contributed by atoms with Crippen LogP contribution < -0.4 is 11.1 Å². The molecule has 0 spiro atoms. The molecule has 0 saturated carbocycles. The molecule has 1 amide bonds. The van der Waals surface area contributed by atoms with Gasteiger partial charge in [-0.15, -0.1) is 0 Å². The first-order chi connectivity index (χ1) is 8.75. The van der Waals surface area contributed by atoms with E-state index in [1.807, 2.05) is 24.3 Å². The van der Waals surface area contributed by atoms with Gasteiger partial charge in [0.2, 0.25) is 0 Å². The van der Waals surface area contributed by atoms with E-state index in [1.54, 1.807) is 24.5 Å². The number of nitrogens with one attached hydrogen (secondary N) is 1. The Morgan fingerprint density at radius 3 is 2.67 bits per heavy atom. The van der Waals surface area contributed by atoms with Crippen LogP contribution in [0.4, 0.5) is 5.69 Å². The molecule has 0 saturated heterocycles. The third kappa shape index (κ3) is 3.31. The summed E-state index contributed by atoms with van der Waals surface area (Å²) < 4.78 is 0. The first-order valence-electron chi connectivity index (χ1n) is 5.78. The van der Waals surface area contributed by atoms with Gasteiger partial charge in [0.05, 0.1) is 5.56 Å². The summed E-state index contributed by atoms with van der Waals surface area (Å²) in [6.07, 6.45) is 3.98. The maximum Gasteiger partial charge on any atom is 0.252 e. The Morgan fingerprint density at radius 1 is 1.22 bits per heavy atom. The van der Waals surface area contributed by atoms with E-state index in [4.69, 9.17) is 5.73 Å². The summed E-state index contributed by atoms with van der Waals surface area (Å²) >= 11 is 0. The van der Waals surface area contributed by atoms with E-state index >= 15 is 0 Å². The Balaban J connectivity index is 1.82. The summed E-state index contributed by atoms with van der Waals surface area (Å²) in [6.45, 7) is 0.595. The number of rotatable bonds is 4. The van der Waals surface area contributed by atoms with E-state index in [9.17, 15) is 4.79 Å². The Morgan fingerprint density at radius 2 is 2.00 bits per heavy atom. The number of carbonyl (C=O) groups is 1. The molecule has 1 heterocycles. The fourth-order valence-corrected chi connectivity index (χ4v) is 1.60. The number of carbonyl (C=O) groups excluding carboxylic acids is 1. The lowest BCUT2D eigenvalue weighted by molar-refractivity contribution is 0.0954. The van der Waals surface area contributed by atoms with Crippen molar-refractivity contribution >= 4 is 11.6 Å². The molecule has 3 N–H and O–H groups in total. The average Bonchev–Trinajstić information content (AvgIpc) is 2.42. The van der Waals surface area contributed by atoms with E-state index in [2.05, 4.69) is 10.3 Å². The zero-order valence-electron chi connectivity index (χ0n) is 9.97. The van der Waals surface area contributed by atoms with Gasteiger partial charge >= 0.3 is 0 Å². The minimum Gasteiger partial charge on any atom is -0.399 e. The molecule has 4 nitrogen and oxygen atoms in total. The van der Waals surface area contributed by atoms with Crippen LogP contribution in [0.25, 0.3) is 0 Å². The van der Waals surface area contributed by atoms with Crippen LogP contribution in [0.5, 0.6) is 0 Å². The topological polar surface area (TPSA) is 68.0 Å². The van der Waals surface area contributed by atoms with Crippen molar-refractivity contribution in [3.8, 4) is 0 Å². The fraction of sp³-hybridized carbons (Fsp3) is 0.143. The van der Waals surface area contributed by atoms with Gasteiger partial charge in [-0.3, -0.25) is 9.78 Å². The third-order valence-electron chi connectivity index (χ3n) is 2.60. The van der Waals surface area contributed by atoms with E-state index in [1.165, 1.54) is 0 Å². The minimum absolute atomic E-state index is 0.0986. The molecule has 2 aromatic rings. The Bertz CT molecular complexity index is 508.